The quantitative estimate of drug-likeness (QED) is 0.384. The van der Waals surface area contributed by atoms with Crippen molar-refractivity contribution in [3.8, 4) is 0 Å². The fourth-order valence-corrected chi connectivity index (χ4v) is 7.31. The monoisotopic (exact) mass is 545 g/mol. The molecular weight excluding hydrogens is 510 g/mol. The number of nitrogens with one attached hydrogen (secondary N) is 2. The predicted octanol–water partition coefficient (Wildman–Crippen LogP) is 4.19. The number of rotatable bonds is 8. The largest absolute Gasteiger partial charge is 0.359 e. The summed E-state index contributed by atoms with van der Waals surface area (Å²) in [7, 11) is 0. The number of fused-ring (bicyclic) bond motifs is 1. The van der Waals surface area contributed by atoms with E-state index in [0.29, 0.717) is 18.7 Å². The highest BCUT2D eigenvalue weighted by atomic mass is 32.2. The van der Waals surface area contributed by atoms with Gasteiger partial charge in [0.05, 0.1) is 17.9 Å². The van der Waals surface area contributed by atoms with E-state index < -0.39 is 29.6 Å². The van der Waals surface area contributed by atoms with Crippen molar-refractivity contribution in [2.45, 2.75) is 67.2 Å². The minimum absolute atomic E-state index is 0.109. The number of carbonyl (C=O) groups excluding carboxylic acids is 3. The lowest BCUT2D eigenvalue weighted by atomic mass is 9.74. The van der Waals surface area contributed by atoms with E-state index in [0.717, 1.165) is 36.1 Å². The van der Waals surface area contributed by atoms with Crippen molar-refractivity contribution in [2.24, 2.45) is 11.8 Å². The van der Waals surface area contributed by atoms with Crippen molar-refractivity contribution in [1.82, 2.24) is 10.2 Å². The van der Waals surface area contributed by atoms with Gasteiger partial charge in [0.1, 0.15) is 11.6 Å². The molecule has 204 valence electrons. The van der Waals surface area contributed by atoms with Crippen LogP contribution in [0.2, 0.25) is 0 Å². The van der Waals surface area contributed by atoms with E-state index in [-0.39, 0.29) is 23.8 Å². The lowest BCUT2D eigenvalue weighted by Gasteiger charge is -2.34. The molecule has 1 aliphatic carbocycles. The van der Waals surface area contributed by atoms with Crippen LogP contribution in [0.1, 0.15) is 37.7 Å². The molecule has 3 fully saturated rings. The summed E-state index contributed by atoms with van der Waals surface area (Å²) in [6.45, 7) is 0.385. The van der Waals surface area contributed by atoms with Crippen LogP contribution in [0.15, 0.2) is 71.6 Å². The predicted molar refractivity (Wildman–Crippen MR) is 151 cm³/mol. The van der Waals surface area contributed by atoms with Gasteiger partial charge in [-0.15, -0.1) is 11.8 Å². The molecule has 1 saturated carbocycles. The summed E-state index contributed by atoms with van der Waals surface area (Å²) in [5, 5.41) is 6.27. The Morgan fingerprint density at radius 3 is 2.62 bits per heavy atom. The molecule has 7 nitrogen and oxygen atoms in total. The Labute approximate surface area is 233 Å². The fraction of sp³-hybridized carbons (Fsp3) is 0.452. The van der Waals surface area contributed by atoms with Gasteiger partial charge < -0.3 is 20.3 Å². The van der Waals surface area contributed by atoms with Crippen LogP contribution >= 0.6 is 11.8 Å². The fourth-order valence-electron chi connectivity index (χ4n) is 6.86. The number of ether oxygens (including phenoxy) is 1. The van der Waals surface area contributed by atoms with Gasteiger partial charge in [0.2, 0.25) is 17.7 Å². The third-order valence-electron chi connectivity index (χ3n) is 8.70. The van der Waals surface area contributed by atoms with Gasteiger partial charge in [-0.25, -0.2) is 0 Å². The van der Waals surface area contributed by atoms with Crippen LogP contribution in [0.5, 0.6) is 0 Å². The maximum Gasteiger partial charge on any atom is 0.246 e. The van der Waals surface area contributed by atoms with Crippen molar-refractivity contribution >= 4 is 35.2 Å². The lowest BCUT2D eigenvalue weighted by Crippen LogP contribution is -2.56. The maximum atomic E-state index is 14.1. The number of benzene rings is 2. The summed E-state index contributed by atoms with van der Waals surface area (Å²) in [5.74, 6) is -2.05. The van der Waals surface area contributed by atoms with Gasteiger partial charge in [0.15, 0.2) is 0 Å². The van der Waals surface area contributed by atoms with E-state index in [2.05, 4.69) is 10.6 Å². The van der Waals surface area contributed by atoms with Crippen molar-refractivity contribution in [2.75, 3.05) is 18.1 Å². The summed E-state index contributed by atoms with van der Waals surface area (Å²) in [4.78, 5) is 44.4. The van der Waals surface area contributed by atoms with Crippen LogP contribution < -0.4 is 10.6 Å². The van der Waals surface area contributed by atoms with E-state index in [9.17, 15) is 14.4 Å². The number of hydrogen-bond donors (Lipinski definition) is 2. The molecule has 0 radical (unpaired) electrons. The summed E-state index contributed by atoms with van der Waals surface area (Å²) < 4.78 is 6.48. The molecule has 1 spiro atoms. The summed E-state index contributed by atoms with van der Waals surface area (Å²) in [5.41, 5.74) is 0.640. The zero-order valence-corrected chi connectivity index (χ0v) is 23.0. The molecule has 2 N–H and O–H groups in total. The van der Waals surface area contributed by atoms with E-state index >= 15 is 0 Å². The number of nitrogens with zero attached hydrogens (tertiary/aromatic N) is 1. The zero-order valence-electron chi connectivity index (χ0n) is 22.2. The molecule has 4 aliphatic rings. The van der Waals surface area contributed by atoms with Crippen LogP contribution in [0.3, 0.4) is 0 Å². The summed E-state index contributed by atoms with van der Waals surface area (Å²) >= 11 is 1.60. The topological polar surface area (TPSA) is 87.7 Å². The number of amides is 3. The summed E-state index contributed by atoms with van der Waals surface area (Å²) in [6.07, 6.45) is 11.1. The van der Waals surface area contributed by atoms with E-state index in [1.54, 1.807) is 16.7 Å². The van der Waals surface area contributed by atoms with Gasteiger partial charge in [-0.2, -0.15) is 0 Å². The molecule has 0 unspecified atom stereocenters. The third-order valence-corrected chi connectivity index (χ3v) is 9.42. The molecule has 2 bridgehead atoms. The highest BCUT2D eigenvalue weighted by Gasteiger charge is 2.72. The number of thioether (sulfide) groups is 1. The zero-order chi connectivity index (χ0) is 27.0. The highest BCUT2D eigenvalue weighted by molar-refractivity contribution is 7.98. The lowest BCUT2D eigenvalue weighted by molar-refractivity contribution is -0.141. The minimum Gasteiger partial charge on any atom is -0.359 e. The molecule has 6 rings (SSSR count). The third kappa shape index (κ3) is 4.78. The maximum absolute atomic E-state index is 14.1. The van der Waals surface area contributed by atoms with E-state index in [4.69, 9.17) is 4.74 Å². The normalized spacial score (nSPS) is 29.5. The molecule has 3 amide bonds. The average Bonchev–Trinajstić information content (AvgIpc) is 3.60. The first-order valence-electron chi connectivity index (χ1n) is 14.0. The first-order chi connectivity index (χ1) is 19.0. The van der Waals surface area contributed by atoms with Gasteiger partial charge in [-0.05, 0) is 49.3 Å². The number of carbonyl (C=O) groups is 3. The van der Waals surface area contributed by atoms with Crippen LogP contribution in [0.25, 0.3) is 0 Å². The standard InChI is InChI=1S/C31H35N3O4S/c1-39-23-14-8-13-22(19-23)33-28(35)25-24-15-17-31(38-24)26(25)30(37)34(18-16-20-9-4-2-5-10-20)27(31)29(36)32-21-11-6-3-7-12-21/h2,4-5,8-10,13-15,17,19,21,24-27H,3,6-7,11-12,16,18H2,1H3,(H,32,36)(H,33,35)/t24-,25+,26-,27-,31-/m0/s1. The molecular formula is C31H35N3O4S. The second-order valence-electron chi connectivity index (χ2n) is 11.0. The molecule has 5 atom stereocenters. The Balaban J connectivity index is 1.29. The van der Waals surface area contributed by atoms with E-state index in [1.165, 1.54) is 6.42 Å². The highest BCUT2D eigenvalue weighted by Crippen LogP contribution is 2.55. The van der Waals surface area contributed by atoms with Gasteiger partial charge in [-0.3, -0.25) is 14.4 Å². The number of hydrogen-bond acceptors (Lipinski definition) is 5. The molecule has 8 heteroatoms. The van der Waals surface area contributed by atoms with Crippen LogP contribution in [-0.4, -0.2) is 59.2 Å². The smallest absolute Gasteiger partial charge is 0.246 e. The molecule has 0 aromatic heterocycles. The second-order valence-corrected chi connectivity index (χ2v) is 11.9. The Hall–Kier alpha value is -3.10. The van der Waals surface area contributed by atoms with Crippen molar-refractivity contribution < 1.29 is 19.1 Å². The average molecular weight is 546 g/mol. The van der Waals surface area contributed by atoms with Gasteiger partial charge in [0, 0.05) is 23.2 Å². The first-order valence-corrected chi connectivity index (χ1v) is 15.2. The van der Waals surface area contributed by atoms with Gasteiger partial charge >= 0.3 is 0 Å². The van der Waals surface area contributed by atoms with Crippen molar-refractivity contribution in [3.05, 3.63) is 72.3 Å². The van der Waals surface area contributed by atoms with Gasteiger partial charge in [-0.1, -0.05) is 67.8 Å². The molecule has 2 saturated heterocycles. The SMILES string of the molecule is CSc1cccc(NC(=O)[C@@H]2[C@@H]3C=C[C@]4(O3)[C@@H]2C(=O)N(CCc2ccccc2)[C@H]4C(=O)NC2CCCCC2)c1. The summed E-state index contributed by atoms with van der Waals surface area (Å²) in [6, 6.07) is 16.9. The van der Waals surface area contributed by atoms with Crippen LogP contribution in [0.4, 0.5) is 5.69 Å². The Kier molecular flexibility index (Phi) is 7.25. The second kappa shape index (κ2) is 10.8. The van der Waals surface area contributed by atoms with Gasteiger partial charge in [0.25, 0.3) is 0 Å². The Bertz CT molecular complexity index is 1280. The van der Waals surface area contributed by atoms with Crippen molar-refractivity contribution in [3.63, 3.8) is 0 Å². The first kappa shape index (κ1) is 26.1. The van der Waals surface area contributed by atoms with Crippen LogP contribution in [-0.2, 0) is 25.5 Å². The molecule has 3 heterocycles. The molecule has 39 heavy (non-hydrogen) atoms. The van der Waals surface area contributed by atoms with Crippen molar-refractivity contribution in [1.29, 1.82) is 0 Å². The number of anilines is 1. The molecule has 2 aromatic carbocycles. The number of likely N-dealkylation sites (tertiary alicyclic amines) is 1. The minimum atomic E-state index is -1.14. The molecule has 2 aromatic rings. The molecule has 3 aliphatic heterocycles. The Morgan fingerprint density at radius 1 is 1.05 bits per heavy atom. The van der Waals surface area contributed by atoms with E-state index in [1.807, 2.05) is 73.0 Å². The Morgan fingerprint density at radius 2 is 1.85 bits per heavy atom. The van der Waals surface area contributed by atoms with Crippen LogP contribution in [0, 0.1) is 11.8 Å².